The van der Waals surface area contributed by atoms with Gasteiger partial charge >= 0.3 is 0 Å². The predicted octanol–water partition coefficient (Wildman–Crippen LogP) is 1.22. The lowest BCUT2D eigenvalue weighted by atomic mass is 9.80. The second-order valence-electron chi connectivity index (χ2n) is 12.0. The van der Waals surface area contributed by atoms with Gasteiger partial charge in [-0.1, -0.05) is 6.42 Å². The Labute approximate surface area is 212 Å². The molecule has 1 amide bonds. The van der Waals surface area contributed by atoms with Crippen LogP contribution in [0, 0.1) is 5.92 Å². The summed E-state index contributed by atoms with van der Waals surface area (Å²) in [4.78, 5) is 19.6. The number of carbonyl (C=O) groups is 1. The number of piperazine rings is 1. The molecular formula is C27H50N6O2. The van der Waals surface area contributed by atoms with E-state index >= 15 is 0 Å². The third kappa shape index (κ3) is 6.04. The van der Waals surface area contributed by atoms with Gasteiger partial charge in [-0.3, -0.25) is 15.0 Å². The van der Waals surface area contributed by atoms with E-state index in [0.717, 1.165) is 32.4 Å². The Bertz CT molecular complexity index is 701. The Morgan fingerprint density at radius 2 is 1.74 bits per heavy atom. The lowest BCUT2D eigenvalue weighted by Gasteiger charge is -2.45. The van der Waals surface area contributed by atoms with Crippen LogP contribution in [-0.4, -0.2) is 117 Å². The Hall–Kier alpha value is -0.770. The highest BCUT2D eigenvalue weighted by atomic mass is 16.5. The first kappa shape index (κ1) is 25.9. The van der Waals surface area contributed by atoms with Crippen LogP contribution in [0.4, 0.5) is 0 Å². The van der Waals surface area contributed by atoms with Crippen molar-refractivity contribution in [2.45, 2.75) is 107 Å². The summed E-state index contributed by atoms with van der Waals surface area (Å²) in [5.74, 6) is 0.951. The molecule has 0 bridgehead atoms. The van der Waals surface area contributed by atoms with Crippen molar-refractivity contribution in [1.82, 2.24) is 30.7 Å². The molecule has 5 rings (SSSR count). The quantitative estimate of drug-likeness (QED) is 0.517. The van der Waals surface area contributed by atoms with E-state index in [1.54, 1.807) is 6.92 Å². The van der Waals surface area contributed by atoms with E-state index in [1.165, 1.54) is 64.7 Å². The van der Waals surface area contributed by atoms with Crippen LogP contribution in [0.2, 0.25) is 0 Å². The van der Waals surface area contributed by atoms with Gasteiger partial charge in [0, 0.05) is 77.0 Å². The number of likely N-dealkylation sites (N-methyl/N-ethyl adjacent to an activating group) is 1. The third-order valence-electron chi connectivity index (χ3n) is 9.88. The normalized spacial score (nSPS) is 41.6. The lowest BCUT2D eigenvalue weighted by molar-refractivity contribution is -0.131. The van der Waals surface area contributed by atoms with Gasteiger partial charge in [-0.2, -0.15) is 0 Å². The Morgan fingerprint density at radius 3 is 2.51 bits per heavy atom. The third-order valence-corrected chi connectivity index (χ3v) is 9.88. The molecule has 8 atom stereocenters. The first-order valence-electron chi connectivity index (χ1n) is 14.5. The number of fused-ring (bicyclic) bond motifs is 1. The molecule has 3 saturated heterocycles. The summed E-state index contributed by atoms with van der Waals surface area (Å²) < 4.78 is 6.04. The minimum atomic E-state index is 0.258. The Kier molecular flexibility index (Phi) is 8.67. The van der Waals surface area contributed by atoms with Crippen LogP contribution in [0.15, 0.2) is 0 Å². The van der Waals surface area contributed by atoms with E-state index in [9.17, 15) is 4.79 Å². The zero-order valence-corrected chi connectivity index (χ0v) is 22.4. The number of amides is 1. The second-order valence-corrected chi connectivity index (χ2v) is 12.0. The van der Waals surface area contributed by atoms with Crippen LogP contribution in [0.1, 0.15) is 64.7 Å². The fourth-order valence-corrected chi connectivity index (χ4v) is 7.90. The molecule has 3 N–H and O–H groups in total. The highest BCUT2D eigenvalue weighted by Crippen LogP contribution is 2.37. The minimum Gasteiger partial charge on any atom is -0.380 e. The maximum atomic E-state index is 12.3. The van der Waals surface area contributed by atoms with Gasteiger partial charge < -0.3 is 25.2 Å². The number of likely N-dealkylation sites (tertiary alicyclic amines) is 1. The van der Waals surface area contributed by atoms with E-state index in [4.69, 9.17) is 4.74 Å². The van der Waals surface area contributed by atoms with Crippen molar-refractivity contribution >= 4 is 5.91 Å². The largest absolute Gasteiger partial charge is 0.380 e. The number of carbonyl (C=O) groups excluding carboxylic acids is 1. The zero-order chi connectivity index (χ0) is 24.4. The minimum absolute atomic E-state index is 0.258. The molecule has 8 nitrogen and oxygen atoms in total. The Balaban J connectivity index is 1.13. The first-order valence-corrected chi connectivity index (χ1v) is 14.5. The van der Waals surface area contributed by atoms with Crippen molar-refractivity contribution in [2.75, 3.05) is 53.4 Å². The van der Waals surface area contributed by atoms with Crippen molar-refractivity contribution in [3.05, 3.63) is 0 Å². The maximum absolute atomic E-state index is 12.3. The lowest BCUT2D eigenvalue weighted by Crippen LogP contribution is -2.62. The molecule has 3 heterocycles. The zero-order valence-electron chi connectivity index (χ0n) is 22.4. The predicted molar refractivity (Wildman–Crippen MR) is 139 cm³/mol. The van der Waals surface area contributed by atoms with Gasteiger partial charge in [0.15, 0.2) is 0 Å². The molecule has 0 spiro atoms. The van der Waals surface area contributed by atoms with Crippen LogP contribution >= 0.6 is 0 Å². The van der Waals surface area contributed by atoms with Crippen molar-refractivity contribution < 1.29 is 9.53 Å². The molecule has 3 aliphatic heterocycles. The highest BCUT2D eigenvalue weighted by Gasteiger charge is 2.44. The molecule has 2 aliphatic carbocycles. The number of nitrogens with zero attached hydrogens (tertiary/aromatic N) is 3. The van der Waals surface area contributed by atoms with Crippen LogP contribution < -0.4 is 16.0 Å². The molecular weight excluding hydrogens is 440 g/mol. The van der Waals surface area contributed by atoms with E-state index in [1.807, 2.05) is 7.11 Å². The number of hydrogen-bond donors (Lipinski definition) is 3. The standard InChI is InChI=1S/C27H50N6O2/c1-19(34)33-12-10-20-5-4-6-24(27(20)33)29-21-9-11-28-26(17-21)30-23-8-7-22(18-25(23)35-3)32-15-13-31(2)14-16-32/h20-30H,4-18H2,1-3H3. The van der Waals surface area contributed by atoms with Gasteiger partial charge in [0.05, 0.1) is 12.3 Å². The summed E-state index contributed by atoms with van der Waals surface area (Å²) >= 11 is 0. The molecule has 0 radical (unpaired) electrons. The maximum Gasteiger partial charge on any atom is 0.219 e. The van der Waals surface area contributed by atoms with Crippen LogP contribution in [-0.2, 0) is 9.53 Å². The number of piperidine rings is 1. The molecule has 8 unspecified atom stereocenters. The van der Waals surface area contributed by atoms with Crippen molar-refractivity contribution in [3.63, 3.8) is 0 Å². The molecule has 0 aromatic heterocycles. The van der Waals surface area contributed by atoms with Crippen molar-refractivity contribution in [3.8, 4) is 0 Å². The second kappa shape index (κ2) is 11.7. The number of ether oxygens (including phenoxy) is 1. The molecule has 8 heteroatoms. The van der Waals surface area contributed by atoms with Crippen molar-refractivity contribution in [2.24, 2.45) is 5.92 Å². The summed E-state index contributed by atoms with van der Waals surface area (Å²) in [6.07, 6.45) is 11.4. The summed E-state index contributed by atoms with van der Waals surface area (Å²) in [6, 6.07) is 2.45. The number of methoxy groups -OCH3 is 1. The summed E-state index contributed by atoms with van der Waals surface area (Å²) in [7, 11) is 4.13. The van der Waals surface area contributed by atoms with Gasteiger partial charge in [0.2, 0.25) is 5.91 Å². The molecule has 0 aromatic rings. The number of nitrogens with one attached hydrogen (secondary N) is 3. The van der Waals surface area contributed by atoms with E-state index in [0.29, 0.717) is 42.3 Å². The molecule has 2 saturated carbocycles. The van der Waals surface area contributed by atoms with Crippen molar-refractivity contribution in [1.29, 1.82) is 0 Å². The number of hydrogen-bond acceptors (Lipinski definition) is 7. The topological polar surface area (TPSA) is 72.1 Å². The number of rotatable bonds is 6. The van der Waals surface area contributed by atoms with Gasteiger partial charge in [-0.25, -0.2) is 0 Å². The highest BCUT2D eigenvalue weighted by molar-refractivity contribution is 5.74. The molecule has 200 valence electrons. The summed E-state index contributed by atoms with van der Waals surface area (Å²) in [5.41, 5.74) is 0. The van der Waals surface area contributed by atoms with E-state index < -0.39 is 0 Å². The van der Waals surface area contributed by atoms with Gasteiger partial charge in [-0.15, -0.1) is 0 Å². The smallest absolute Gasteiger partial charge is 0.219 e. The van der Waals surface area contributed by atoms with E-state index in [2.05, 4.69) is 37.7 Å². The molecule has 0 aromatic carbocycles. The summed E-state index contributed by atoms with van der Waals surface area (Å²) in [5, 5.41) is 11.8. The van der Waals surface area contributed by atoms with Gasteiger partial charge in [-0.05, 0) is 70.9 Å². The van der Waals surface area contributed by atoms with Crippen LogP contribution in [0.25, 0.3) is 0 Å². The SMILES string of the molecule is COC1CC(N2CCN(C)CC2)CCC1NC1CC(NC2CCCC3CCN(C(C)=O)C32)CCN1. The van der Waals surface area contributed by atoms with Crippen LogP contribution in [0.5, 0.6) is 0 Å². The van der Waals surface area contributed by atoms with Gasteiger partial charge in [0.1, 0.15) is 0 Å². The molecule has 5 aliphatic rings. The first-order chi connectivity index (χ1) is 17.0. The average Bonchev–Trinajstić information content (AvgIpc) is 3.31. The molecule has 35 heavy (non-hydrogen) atoms. The summed E-state index contributed by atoms with van der Waals surface area (Å²) in [6.45, 7) is 8.50. The fraction of sp³-hybridized carbons (Fsp3) is 0.963. The Morgan fingerprint density at radius 1 is 0.914 bits per heavy atom. The monoisotopic (exact) mass is 490 g/mol. The van der Waals surface area contributed by atoms with E-state index in [-0.39, 0.29) is 12.0 Å². The average molecular weight is 491 g/mol. The van der Waals surface area contributed by atoms with Gasteiger partial charge in [0.25, 0.3) is 0 Å². The molecule has 5 fully saturated rings. The van der Waals surface area contributed by atoms with Crippen LogP contribution in [0.3, 0.4) is 0 Å². The fourth-order valence-electron chi connectivity index (χ4n) is 7.90.